The van der Waals surface area contributed by atoms with Crippen LogP contribution in [-0.2, 0) is 18.3 Å². The number of alkyl halides is 3. The Bertz CT molecular complexity index is 1860. The van der Waals surface area contributed by atoms with E-state index >= 15 is 0 Å². The highest BCUT2D eigenvalue weighted by Crippen LogP contribution is 2.46. The van der Waals surface area contributed by atoms with Crippen LogP contribution in [0.25, 0.3) is 22.0 Å². The zero-order chi connectivity index (χ0) is 30.5. The molecule has 0 aliphatic heterocycles. The molecule has 6 rings (SSSR count). The number of nitrogens with one attached hydrogen (secondary N) is 1. The molecule has 0 saturated heterocycles. The summed E-state index contributed by atoms with van der Waals surface area (Å²) in [5.41, 5.74) is 2.11. The summed E-state index contributed by atoms with van der Waals surface area (Å²) >= 11 is 12.4. The second-order valence-corrected chi connectivity index (χ2v) is 11.4. The zero-order valence-corrected chi connectivity index (χ0v) is 23.8. The van der Waals surface area contributed by atoms with E-state index in [9.17, 15) is 27.9 Å². The summed E-state index contributed by atoms with van der Waals surface area (Å²) in [4.78, 5) is 25.3. The van der Waals surface area contributed by atoms with E-state index in [1.165, 1.54) is 24.3 Å². The van der Waals surface area contributed by atoms with E-state index in [2.05, 4.69) is 10.4 Å². The molecule has 0 unspecified atom stereocenters. The molecule has 2 N–H and O–H groups in total. The van der Waals surface area contributed by atoms with Crippen LogP contribution in [0.3, 0.4) is 0 Å². The fourth-order valence-corrected chi connectivity index (χ4v) is 5.82. The van der Waals surface area contributed by atoms with E-state index in [0.717, 1.165) is 23.3 Å². The van der Waals surface area contributed by atoms with E-state index in [1.807, 2.05) is 0 Å². The molecule has 0 bridgehead atoms. The summed E-state index contributed by atoms with van der Waals surface area (Å²) < 4.78 is 41.2. The van der Waals surface area contributed by atoms with E-state index in [-0.39, 0.29) is 17.7 Å². The van der Waals surface area contributed by atoms with Crippen molar-refractivity contribution in [2.24, 2.45) is 0 Å². The highest BCUT2D eigenvalue weighted by Gasteiger charge is 2.46. The lowest BCUT2D eigenvalue weighted by Gasteiger charge is -2.20. The van der Waals surface area contributed by atoms with Gasteiger partial charge in [-0.3, -0.25) is 9.48 Å². The Balaban J connectivity index is 1.42. The van der Waals surface area contributed by atoms with Crippen molar-refractivity contribution in [3.05, 3.63) is 123 Å². The molecule has 1 heterocycles. The monoisotopic (exact) mass is 623 g/mol. The Morgan fingerprint density at radius 3 is 2.14 bits per heavy atom. The number of aromatic nitrogens is 2. The van der Waals surface area contributed by atoms with Crippen LogP contribution in [0.1, 0.15) is 50.2 Å². The fourth-order valence-electron chi connectivity index (χ4n) is 5.25. The Hall–Kier alpha value is -4.34. The van der Waals surface area contributed by atoms with Gasteiger partial charge >= 0.3 is 12.1 Å². The maximum Gasteiger partial charge on any atom is 0.416 e. The molecule has 43 heavy (non-hydrogen) atoms. The van der Waals surface area contributed by atoms with Gasteiger partial charge in [0.15, 0.2) is 0 Å². The molecule has 1 fully saturated rings. The molecule has 6 nitrogen and oxygen atoms in total. The summed E-state index contributed by atoms with van der Waals surface area (Å²) in [6, 6.07) is 19.7. The van der Waals surface area contributed by atoms with Gasteiger partial charge in [-0.1, -0.05) is 47.5 Å². The lowest BCUT2D eigenvalue weighted by atomic mass is 9.98. The third kappa shape index (κ3) is 5.83. The molecule has 0 spiro atoms. The standard InChI is InChI=1S/C32H22Cl2F3N3O3/c33-25-11-18(12-26(34)15-25)17-40-28-22(16-38-40)13-21(19-1-7-24(8-2-19)32(35,36)37)14-27(28)29(41)39-31(9-10-31)23-5-3-20(4-6-23)30(42)43/h1-8,11-16H,9-10,17H2,(H,39,41)(H,42,43). The molecule has 1 aromatic heterocycles. The third-order valence-corrected chi connectivity index (χ3v) is 8.00. The number of hydrogen-bond acceptors (Lipinski definition) is 3. The smallest absolute Gasteiger partial charge is 0.416 e. The largest absolute Gasteiger partial charge is 0.478 e. The van der Waals surface area contributed by atoms with Crippen molar-refractivity contribution in [3.63, 3.8) is 0 Å². The molecule has 0 radical (unpaired) electrons. The molecule has 218 valence electrons. The fraction of sp³-hybridized carbons (Fsp3) is 0.156. The number of carboxylic acids is 1. The molecular weight excluding hydrogens is 602 g/mol. The van der Waals surface area contributed by atoms with Gasteiger partial charge in [-0.15, -0.1) is 0 Å². The number of benzene rings is 4. The van der Waals surface area contributed by atoms with Crippen LogP contribution in [-0.4, -0.2) is 26.8 Å². The average molecular weight is 624 g/mol. The first-order valence-corrected chi connectivity index (χ1v) is 14.0. The van der Waals surface area contributed by atoms with Gasteiger partial charge in [0.1, 0.15) is 0 Å². The number of nitrogens with zero attached hydrogens (tertiary/aromatic N) is 2. The number of fused-ring (bicyclic) bond motifs is 1. The van der Waals surface area contributed by atoms with Crippen molar-refractivity contribution < 1.29 is 27.9 Å². The average Bonchev–Trinajstić information content (AvgIpc) is 3.63. The molecule has 1 aliphatic carbocycles. The van der Waals surface area contributed by atoms with Crippen LogP contribution < -0.4 is 5.32 Å². The maximum atomic E-state index is 14.0. The minimum absolute atomic E-state index is 0.141. The molecule has 1 aliphatic rings. The SMILES string of the molecule is O=C(O)c1ccc(C2(NC(=O)c3cc(-c4ccc(C(F)(F)F)cc4)cc4cnn(Cc5cc(Cl)cc(Cl)c5)c34)CC2)cc1. The molecule has 4 aromatic carbocycles. The molecule has 11 heteroatoms. The van der Waals surface area contributed by atoms with Crippen molar-refractivity contribution in [1.82, 2.24) is 15.1 Å². The molecule has 5 aromatic rings. The van der Waals surface area contributed by atoms with Crippen LogP contribution in [0, 0.1) is 0 Å². The van der Waals surface area contributed by atoms with Gasteiger partial charge in [-0.05, 0) is 89.7 Å². The predicted molar refractivity (Wildman–Crippen MR) is 158 cm³/mol. The Labute approximate surface area is 253 Å². The minimum Gasteiger partial charge on any atom is -0.478 e. The van der Waals surface area contributed by atoms with Crippen molar-refractivity contribution >= 4 is 46.0 Å². The maximum absolute atomic E-state index is 14.0. The lowest BCUT2D eigenvalue weighted by molar-refractivity contribution is -0.137. The first-order valence-electron chi connectivity index (χ1n) is 13.2. The van der Waals surface area contributed by atoms with Crippen LogP contribution in [0.5, 0.6) is 0 Å². The molecular formula is C32H22Cl2F3N3O3. The number of aromatic carboxylic acids is 1. The van der Waals surface area contributed by atoms with Gasteiger partial charge in [0.2, 0.25) is 0 Å². The summed E-state index contributed by atoms with van der Waals surface area (Å²) in [5.74, 6) is -1.44. The van der Waals surface area contributed by atoms with Gasteiger partial charge < -0.3 is 10.4 Å². The second kappa shape index (κ2) is 10.7. The lowest BCUT2D eigenvalue weighted by Crippen LogP contribution is -2.35. The number of carbonyl (C=O) groups is 2. The Kier molecular flexibility index (Phi) is 7.18. The second-order valence-electron chi connectivity index (χ2n) is 10.5. The summed E-state index contributed by atoms with van der Waals surface area (Å²) in [6.45, 7) is 0.255. The first kappa shape index (κ1) is 28.8. The highest BCUT2D eigenvalue weighted by molar-refractivity contribution is 6.34. The Morgan fingerprint density at radius 2 is 1.56 bits per heavy atom. The number of hydrogen-bond donors (Lipinski definition) is 2. The van der Waals surface area contributed by atoms with Gasteiger partial charge in [-0.25, -0.2) is 4.79 Å². The van der Waals surface area contributed by atoms with Gasteiger partial charge in [0, 0.05) is 15.4 Å². The molecule has 1 saturated carbocycles. The minimum atomic E-state index is -4.47. The quantitative estimate of drug-likeness (QED) is 0.191. The Morgan fingerprint density at radius 1 is 0.907 bits per heavy atom. The van der Waals surface area contributed by atoms with Crippen LogP contribution in [0.4, 0.5) is 13.2 Å². The van der Waals surface area contributed by atoms with Crippen molar-refractivity contribution in [1.29, 1.82) is 0 Å². The number of amides is 1. The third-order valence-electron chi connectivity index (χ3n) is 7.57. The summed E-state index contributed by atoms with van der Waals surface area (Å²) in [6.07, 6.45) is -1.55. The van der Waals surface area contributed by atoms with E-state index in [0.29, 0.717) is 44.9 Å². The number of halogens is 5. The van der Waals surface area contributed by atoms with E-state index < -0.39 is 29.2 Å². The van der Waals surface area contributed by atoms with Crippen molar-refractivity contribution in [3.8, 4) is 11.1 Å². The van der Waals surface area contributed by atoms with Gasteiger partial charge in [0.05, 0.1) is 40.5 Å². The van der Waals surface area contributed by atoms with Crippen molar-refractivity contribution in [2.75, 3.05) is 0 Å². The van der Waals surface area contributed by atoms with E-state index in [4.69, 9.17) is 23.2 Å². The zero-order valence-electron chi connectivity index (χ0n) is 22.3. The van der Waals surface area contributed by atoms with Crippen LogP contribution in [0.2, 0.25) is 10.0 Å². The summed E-state index contributed by atoms with van der Waals surface area (Å²) in [5, 5.41) is 18.4. The predicted octanol–water partition coefficient (Wildman–Crippen LogP) is 8.19. The normalized spacial score (nSPS) is 14.1. The van der Waals surface area contributed by atoms with Gasteiger partial charge in [0.25, 0.3) is 5.91 Å². The topological polar surface area (TPSA) is 84.2 Å². The van der Waals surface area contributed by atoms with Crippen molar-refractivity contribution in [2.45, 2.75) is 31.1 Å². The van der Waals surface area contributed by atoms with E-state index in [1.54, 1.807) is 53.3 Å². The number of rotatable bonds is 7. The number of carboxylic acid groups (broad SMARTS) is 1. The number of carbonyl (C=O) groups excluding carboxylic acids is 1. The molecule has 0 atom stereocenters. The van der Waals surface area contributed by atoms with Gasteiger partial charge in [-0.2, -0.15) is 18.3 Å². The molecule has 1 amide bonds. The van der Waals surface area contributed by atoms with Crippen LogP contribution in [0.15, 0.2) is 85.1 Å². The van der Waals surface area contributed by atoms with Crippen LogP contribution >= 0.6 is 23.2 Å². The highest BCUT2D eigenvalue weighted by atomic mass is 35.5. The first-order chi connectivity index (χ1) is 20.4. The summed E-state index contributed by atoms with van der Waals surface area (Å²) in [7, 11) is 0.